The van der Waals surface area contributed by atoms with Gasteiger partial charge in [-0.2, -0.15) is 0 Å². The Morgan fingerprint density at radius 2 is 2.08 bits per heavy atom. The fraction of sp³-hybridized carbons (Fsp3) is 0.222. The van der Waals surface area contributed by atoms with Crippen molar-refractivity contribution in [3.8, 4) is 11.4 Å². The van der Waals surface area contributed by atoms with Gasteiger partial charge in [-0.15, -0.1) is 5.10 Å². The monoisotopic (exact) mass is 337 g/mol. The number of carbonyl (C=O) groups excluding carboxylic acids is 1. The number of hydrogen-bond acceptors (Lipinski definition) is 5. The van der Waals surface area contributed by atoms with Crippen LogP contribution in [0, 0.1) is 0 Å². The van der Waals surface area contributed by atoms with Crippen molar-refractivity contribution in [1.29, 1.82) is 0 Å². The van der Waals surface area contributed by atoms with Crippen LogP contribution in [0.2, 0.25) is 0 Å². The number of methoxy groups -OCH3 is 1. The summed E-state index contributed by atoms with van der Waals surface area (Å²) < 4.78 is 6.75. The van der Waals surface area contributed by atoms with E-state index < -0.39 is 0 Å². The van der Waals surface area contributed by atoms with Crippen molar-refractivity contribution < 1.29 is 9.53 Å². The number of aryl methyl sites for hydroxylation is 1. The molecule has 3 rings (SSSR count). The van der Waals surface area contributed by atoms with Gasteiger partial charge in [0.25, 0.3) is 0 Å². The first kappa shape index (κ1) is 16.6. The van der Waals surface area contributed by atoms with Crippen LogP contribution in [-0.4, -0.2) is 33.0 Å². The van der Waals surface area contributed by atoms with Gasteiger partial charge in [0.05, 0.1) is 31.7 Å². The molecule has 1 aromatic carbocycles. The van der Waals surface area contributed by atoms with Crippen molar-refractivity contribution in [3.63, 3.8) is 0 Å². The van der Waals surface area contributed by atoms with Crippen molar-refractivity contribution in [1.82, 2.24) is 25.3 Å². The second kappa shape index (κ2) is 8.05. The van der Waals surface area contributed by atoms with E-state index in [2.05, 4.69) is 20.6 Å². The number of nitrogens with zero attached hydrogens (tertiary/aromatic N) is 4. The molecule has 0 bridgehead atoms. The van der Waals surface area contributed by atoms with Crippen LogP contribution in [0.15, 0.2) is 55.0 Å². The summed E-state index contributed by atoms with van der Waals surface area (Å²) in [7, 11) is 1.63. The van der Waals surface area contributed by atoms with Gasteiger partial charge >= 0.3 is 0 Å². The molecule has 0 radical (unpaired) electrons. The Morgan fingerprint density at radius 3 is 2.80 bits per heavy atom. The van der Waals surface area contributed by atoms with E-state index in [-0.39, 0.29) is 5.91 Å². The van der Waals surface area contributed by atoms with Crippen LogP contribution in [0.1, 0.15) is 17.7 Å². The molecule has 7 nitrogen and oxygen atoms in total. The van der Waals surface area contributed by atoms with Gasteiger partial charge in [0.2, 0.25) is 5.91 Å². The maximum atomic E-state index is 12.0. The number of aromatic nitrogens is 4. The molecule has 0 atom stereocenters. The fourth-order valence-corrected chi connectivity index (χ4v) is 2.32. The van der Waals surface area contributed by atoms with Crippen LogP contribution >= 0.6 is 0 Å². The number of ether oxygens (including phenoxy) is 1. The highest BCUT2D eigenvalue weighted by Gasteiger charge is 2.06. The molecule has 0 aliphatic carbocycles. The summed E-state index contributed by atoms with van der Waals surface area (Å²) in [4.78, 5) is 16.0. The molecule has 7 heteroatoms. The van der Waals surface area contributed by atoms with Gasteiger partial charge in [-0.1, -0.05) is 17.3 Å². The lowest BCUT2D eigenvalue weighted by Gasteiger charge is -2.04. The van der Waals surface area contributed by atoms with Crippen LogP contribution < -0.4 is 10.1 Å². The molecule has 1 N–H and O–H groups in total. The van der Waals surface area contributed by atoms with Crippen molar-refractivity contribution in [2.24, 2.45) is 0 Å². The molecule has 0 aliphatic heterocycles. The zero-order chi connectivity index (χ0) is 17.5. The zero-order valence-electron chi connectivity index (χ0n) is 13.9. The first-order valence-electron chi connectivity index (χ1n) is 7.96. The van der Waals surface area contributed by atoms with Crippen molar-refractivity contribution in [2.75, 3.05) is 7.11 Å². The quantitative estimate of drug-likeness (QED) is 0.712. The van der Waals surface area contributed by atoms with Crippen molar-refractivity contribution in [3.05, 3.63) is 66.2 Å². The highest BCUT2D eigenvalue weighted by atomic mass is 16.5. The predicted molar refractivity (Wildman–Crippen MR) is 92.3 cm³/mol. The number of pyridine rings is 1. The smallest absolute Gasteiger partial charge is 0.220 e. The summed E-state index contributed by atoms with van der Waals surface area (Å²) in [6.45, 7) is 0.349. The normalized spacial score (nSPS) is 10.4. The molecule has 3 aromatic rings. The van der Waals surface area contributed by atoms with E-state index in [1.54, 1.807) is 30.4 Å². The largest absolute Gasteiger partial charge is 0.497 e. The second-order valence-electron chi connectivity index (χ2n) is 5.49. The molecular weight excluding hydrogens is 318 g/mol. The molecule has 0 unspecified atom stereocenters. The Hall–Kier alpha value is -3.22. The predicted octanol–water partition coefficient (Wildman–Crippen LogP) is 1.92. The van der Waals surface area contributed by atoms with E-state index in [0.717, 1.165) is 17.0 Å². The Labute approximate surface area is 145 Å². The third-order valence-corrected chi connectivity index (χ3v) is 3.72. The number of carbonyl (C=O) groups is 1. The SMILES string of the molecule is COc1ccc(CCC(=O)NCc2cn(-c3cccnc3)nn2)cc1. The van der Waals surface area contributed by atoms with Crippen LogP contribution in [0.25, 0.3) is 5.69 Å². The third kappa shape index (κ3) is 4.63. The average molecular weight is 337 g/mol. The molecule has 25 heavy (non-hydrogen) atoms. The summed E-state index contributed by atoms with van der Waals surface area (Å²) >= 11 is 0. The molecule has 0 saturated heterocycles. The third-order valence-electron chi connectivity index (χ3n) is 3.72. The molecular formula is C18H19N5O2. The second-order valence-corrected chi connectivity index (χ2v) is 5.49. The van der Waals surface area contributed by atoms with E-state index in [9.17, 15) is 4.79 Å². The van der Waals surface area contributed by atoms with E-state index in [0.29, 0.717) is 25.1 Å². The van der Waals surface area contributed by atoms with Crippen molar-refractivity contribution in [2.45, 2.75) is 19.4 Å². The van der Waals surface area contributed by atoms with Gasteiger partial charge < -0.3 is 10.1 Å². The van der Waals surface area contributed by atoms with E-state index >= 15 is 0 Å². The Balaban J connectivity index is 1.46. The summed E-state index contributed by atoms with van der Waals surface area (Å²) in [5, 5.41) is 11.0. The molecule has 128 valence electrons. The summed E-state index contributed by atoms with van der Waals surface area (Å²) in [5.41, 5.74) is 2.62. The van der Waals surface area contributed by atoms with Gasteiger partial charge in [-0.25, -0.2) is 4.68 Å². The molecule has 0 aliphatic rings. The van der Waals surface area contributed by atoms with E-state index in [1.807, 2.05) is 36.4 Å². The standard InChI is InChI=1S/C18H19N5O2/c1-25-17-7-4-14(5-8-17)6-9-18(24)20-11-15-13-23(22-21-15)16-3-2-10-19-12-16/h2-5,7-8,10,12-13H,6,9,11H2,1H3,(H,20,24). The van der Waals surface area contributed by atoms with Crippen LogP contribution in [0.3, 0.4) is 0 Å². The minimum Gasteiger partial charge on any atom is -0.497 e. The zero-order valence-corrected chi connectivity index (χ0v) is 13.9. The number of benzene rings is 1. The minimum absolute atomic E-state index is 0.0215. The average Bonchev–Trinajstić information content (AvgIpc) is 3.15. The van der Waals surface area contributed by atoms with Crippen molar-refractivity contribution >= 4 is 5.91 Å². The number of amides is 1. The molecule has 2 heterocycles. The number of hydrogen-bond donors (Lipinski definition) is 1. The maximum absolute atomic E-state index is 12.0. The maximum Gasteiger partial charge on any atom is 0.220 e. The van der Waals surface area contributed by atoms with Gasteiger partial charge in [0.15, 0.2) is 0 Å². The van der Waals surface area contributed by atoms with Gasteiger partial charge in [0.1, 0.15) is 11.4 Å². The minimum atomic E-state index is -0.0215. The van der Waals surface area contributed by atoms with Crippen LogP contribution in [0.4, 0.5) is 0 Å². The van der Waals surface area contributed by atoms with E-state index in [1.165, 1.54) is 0 Å². The Bertz CT molecular complexity index is 815. The molecule has 0 fully saturated rings. The fourth-order valence-electron chi connectivity index (χ4n) is 2.32. The molecule has 0 spiro atoms. The molecule has 2 aromatic heterocycles. The number of rotatable bonds is 7. The van der Waals surface area contributed by atoms with Crippen LogP contribution in [0.5, 0.6) is 5.75 Å². The molecule has 0 saturated carbocycles. The summed E-state index contributed by atoms with van der Waals surface area (Å²) in [6.07, 6.45) is 6.28. The van der Waals surface area contributed by atoms with Gasteiger partial charge in [-0.3, -0.25) is 9.78 Å². The summed E-state index contributed by atoms with van der Waals surface area (Å²) in [6, 6.07) is 11.4. The lowest BCUT2D eigenvalue weighted by molar-refractivity contribution is -0.121. The van der Waals surface area contributed by atoms with Crippen LogP contribution in [-0.2, 0) is 17.8 Å². The summed E-state index contributed by atoms with van der Waals surface area (Å²) in [5.74, 6) is 0.789. The van der Waals surface area contributed by atoms with Gasteiger partial charge in [0, 0.05) is 12.6 Å². The Morgan fingerprint density at radius 1 is 1.24 bits per heavy atom. The van der Waals surface area contributed by atoms with Gasteiger partial charge in [-0.05, 0) is 36.2 Å². The number of nitrogens with one attached hydrogen (secondary N) is 1. The van der Waals surface area contributed by atoms with E-state index in [4.69, 9.17) is 4.74 Å². The lowest BCUT2D eigenvalue weighted by Crippen LogP contribution is -2.23. The highest BCUT2D eigenvalue weighted by Crippen LogP contribution is 2.12. The molecule has 1 amide bonds. The lowest BCUT2D eigenvalue weighted by atomic mass is 10.1. The first-order chi connectivity index (χ1) is 12.2. The highest BCUT2D eigenvalue weighted by molar-refractivity contribution is 5.76. The first-order valence-corrected chi connectivity index (χ1v) is 7.96. The Kier molecular flexibility index (Phi) is 5.36. The topological polar surface area (TPSA) is 81.9 Å².